The highest BCUT2D eigenvalue weighted by molar-refractivity contribution is 4.93. The van der Waals surface area contributed by atoms with Crippen molar-refractivity contribution in [3.8, 4) is 12.3 Å². The van der Waals surface area contributed by atoms with E-state index in [1.807, 2.05) is 6.92 Å². The van der Waals surface area contributed by atoms with Crippen LogP contribution in [0.3, 0.4) is 0 Å². The minimum Gasteiger partial charge on any atom is -0.315 e. The van der Waals surface area contributed by atoms with Gasteiger partial charge in [-0.1, -0.05) is 0 Å². The topological polar surface area (TPSA) is 52.0 Å². The summed E-state index contributed by atoms with van der Waals surface area (Å²) in [6, 6.07) is 0. The average molecular weight is 98.1 g/mol. The van der Waals surface area contributed by atoms with Gasteiger partial charge in [-0.2, -0.15) is 0 Å². The van der Waals surface area contributed by atoms with Crippen LogP contribution in [0.15, 0.2) is 0 Å². The largest absolute Gasteiger partial charge is 0.315 e. The van der Waals surface area contributed by atoms with Crippen LogP contribution in [0.1, 0.15) is 6.92 Å². The first-order valence-corrected chi connectivity index (χ1v) is 2.15. The third kappa shape index (κ3) is 2.21. The van der Waals surface area contributed by atoms with Crippen LogP contribution in [0.5, 0.6) is 0 Å². The molecule has 0 amide bonds. The van der Waals surface area contributed by atoms with E-state index >= 15 is 0 Å². The van der Waals surface area contributed by atoms with Crippen molar-refractivity contribution in [3.05, 3.63) is 0 Å². The summed E-state index contributed by atoms with van der Waals surface area (Å²) in [5, 5.41) is 0. The van der Waals surface area contributed by atoms with Gasteiger partial charge < -0.3 is 11.5 Å². The van der Waals surface area contributed by atoms with Crippen molar-refractivity contribution >= 4 is 0 Å². The standard InChI is InChI=1S/C5H10N2/c1-3-4(2)5(6)7/h1,4-5H,6-7H2,2H3. The van der Waals surface area contributed by atoms with Gasteiger partial charge in [0.25, 0.3) is 0 Å². The summed E-state index contributed by atoms with van der Waals surface area (Å²) in [5.74, 6) is 2.40. The summed E-state index contributed by atoms with van der Waals surface area (Å²) in [6.07, 6.45) is 4.59. The fourth-order valence-corrected chi connectivity index (χ4v) is 0.111. The molecule has 1 atom stereocenters. The maximum atomic E-state index is 5.18. The van der Waals surface area contributed by atoms with E-state index in [2.05, 4.69) is 5.92 Å². The van der Waals surface area contributed by atoms with Gasteiger partial charge in [-0.15, -0.1) is 12.3 Å². The Kier molecular flexibility index (Phi) is 2.42. The molecule has 0 aromatic carbocycles. The molecule has 0 aromatic heterocycles. The van der Waals surface area contributed by atoms with E-state index < -0.39 is 0 Å². The molecule has 0 saturated heterocycles. The molecule has 7 heavy (non-hydrogen) atoms. The van der Waals surface area contributed by atoms with Crippen molar-refractivity contribution in [2.45, 2.75) is 13.1 Å². The summed E-state index contributed by atoms with van der Waals surface area (Å²) >= 11 is 0. The van der Waals surface area contributed by atoms with Crippen molar-refractivity contribution in [3.63, 3.8) is 0 Å². The molecule has 0 fully saturated rings. The third-order valence-electron chi connectivity index (χ3n) is 0.840. The first kappa shape index (κ1) is 6.48. The molecular weight excluding hydrogens is 88.1 g/mol. The third-order valence-corrected chi connectivity index (χ3v) is 0.840. The second-order valence-electron chi connectivity index (χ2n) is 1.53. The number of rotatable bonds is 1. The minimum absolute atomic E-state index is 0.0139. The molecule has 2 nitrogen and oxygen atoms in total. The Bertz CT molecular complexity index is 80.6. The maximum Gasteiger partial charge on any atom is 0.0659 e. The number of nitrogens with two attached hydrogens (primary N) is 2. The Morgan fingerprint density at radius 2 is 2.00 bits per heavy atom. The van der Waals surface area contributed by atoms with E-state index in [0.717, 1.165) is 0 Å². The molecule has 0 aromatic rings. The van der Waals surface area contributed by atoms with Crippen LogP contribution in [0.4, 0.5) is 0 Å². The average Bonchev–Trinajstić information content (AvgIpc) is 1.65. The molecule has 0 saturated carbocycles. The Balaban J connectivity index is 3.40. The second kappa shape index (κ2) is 2.62. The lowest BCUT2D eigenvalue weighted by Crippen LogP contribution is -2.36. The van der Waals surface area contributed by atoms with Gasteiger partial charge >= 0.3 is 0 Å². The quantitative estimate of drug-likeness (QED) is 0.343. The van der Waals surface area contributed by atoms with E-state index in [1.54, 1.807) is 0 Å². The summed E-state index contributed by atoms with van der Waals surface area (Å²) < 4.78 is 0. The fourth-order valence-electron chi connectivity index (χ4n) is 0.111. The van der Waals surface area contributed by atoms with Crippen LogP contribution in [-0.4, -0.2) is 6.17 Å². The van der Waals surface area contributed by atoms with Crippen LogP contribution < -0.4 is 11.5 Å². The predicted octanol–water partition coefficient (Wildman–Crippen LogP) is -0.501. The van der Waals surface area contributed by atoms with Crippen LogP contribution in [-0.2, 0) is 0 Å². The lowest BCUT2D eigenvalue weighted by Gasteiger charge is -2.05. The van der Waals surface area contributed by atoms with Gasteiger partial charge in [0.05, 0.1) is 6.17 Å². The van der Waals surface area contributed by atoms with E-state index in [0.29, 0.717) is 0 Å². The highest BCUT2D eigenvalue weighted by atomic mass is 14.9. The first-order valence-electron chi connectivity index (χ1n) is 2.15. The predicted molar refractivity (Wildman–Crippen MR) is 30.2 cm³/mol. The van der Waals surface area contributed by atoms with Crippen LogP contribution in [0.2, 0.25) is 0 Å². The van der Waals surface area contributed by atoms with E-state index in [-0.39, 0.29) is 12.1 Å². The highest BCUT2D eigenvalue weighted by Crippen LogP contribution is 1.88. The molecule has 4 N–H and O–H groups in total. The van der Waals surface area contributed by atoms with Crippen LogP contribution >= 0.6 is 0 Å². The first-order chi connectivity index (χ1) is 3.18. The van der Waals surface area contributed by atoms with Gasteiger partial charge in [0, 0.05) is 5.92 Å². The molecule has 0 spiro atoms. The zero-order valence-electron chi connectivity index (χ0n) is 4.39. The summed E-state index contributed by atoms with van der Waals surface area (Å²) in [4.78, 5) is 0. The Morgan fingerprint density at radius 1 is 1.57 bits per heavy atom. The Hall–Kier alpha value is -0.520. The molecule has 0 bridgehead atoms. The van der Waals surface area contributed by atoms with Crippen molar-refractivity contribution in [1.82, 2.24) is 0 Å². The summed E-state index contributed by atoms with van der Waals surface area (Å²) in [7, 11) is 0. The van der Waals surface area contributed by atoms with E-state index in [1.165, 1.54) is 0 Å². The SMILES string of the molecule is C#CC(C)C(N)N. The van der Waals surface area contributed by atoms with Gasteiger partial charge in [-0.3, -0.25) is 0 Å². The fraction of sp³-hybridized carbons (Fsp3) is 0.600. The molecule has 0 rings (SSSR count). The van der Waals surface area contributed by atoms with Crippen molar-refractivity contribution in [2.75, 3.05) is 0 Å². The monoisotopic (exact) mass is 98.1 g/mol. The summed E-state index contributed by atoms with van der Waals surface area (Å²) in [6.45, 7) is 1.81. The molecule has 1 unspecified atom stereocenters. The van der Waals surface area contributed by atoms with Gasteiger partial charge in [0.2, 0.25) is 0 Å². The number of hydrogen-bond acceptors (Lipinski definition) is 2. The molecular formula is C5H10N2. The molecule has 0 aliphatic carbocycles. The smallest absolute Gasteiger partial charge is 0.0659 e. The Labute approximate surface area is 43.9 Å². The normalized spacial score (nSPS) is 13.6. The molecule has 2 heteroatoms. The summed E-state index contributed by atoms with van der Waals surface area (Å²) in [5.41, 5.74) is 10.4. The lowest BCUT2D eigenvalue weighted by atomic mass is 10.1. The van der Waals surface area contributed by atoms with Gasteiger partial charge in [0.15, 0.2) is 0 Å². The second-order valence-corrected chi connectivity index (χ2v) is 1.53. The molecule has 0 heterocycles. The zero-order valence-corrected chi connectivity index (χ0v) is 4.39. The lowest BCUT2D eigenvalue weighted by molar-refractivity contribution is 0.575. The maximum absolute atomic E-state index is 5.18. The van der Waals surface area contributed by atoms with Crippen LogP contribution in [0.25, 0.3) is 0 Å². The van der Waals surface area contributed by atoms with Crippen molar-refractivity contribution in [1.29, 1.82) is 0 Å². The van der Waals surface area contributed by atoms with Gasteiger partial charge in [-0.25, -0.2) is 0 Å². The van der Waals surface area contributed by atoms with E-state index in [4.69, 9.17) is 17.9 Å². The van der Waals surface area contributed by atoms with Crippen molar-refractivity contribution in [2.24, 2.45) is 17.4 Å². The minimum atomic E-state index is -0.370. The van der Waals surface area contributed by atoms with Crippen molar-refractivity contribution < 1.29 is 0 Å². The number of hydrogen-bond donors (Lipinski definition) is 2. The molecule has 40 valence electrons. The van der Waals surface area contributed by atoms with Gasteiger partial charge in [-0.05, 0) is 6.92 Å². The molecule has 0 radical (unpaired) electrons. The molecule has 0 aliphatic heterocycles. The van der Waals surface area contributed by atoms with E-state index in [9.17, 15) is 0 Å². The number of terminal acetylenes is 1. The zero-order chi connectivity index (χ0) is 5.86. The highest BCUT2D eigenvalue weighted by Gasteiger charge is 2.00. The van der Waals surface area contributed by atoms with Gasteiger partial charge in [0.1, 0.15) is 0 Å². The Morgan fingerprint density at radius 3 is 2.00 bits per heavy atom. The van der Waals surface area contributed by atoms with Crippen LogP contribution in [0, 0.1) is 18.3 Å². The molecule has 0 aliphatic rings.